The molecule has 2 aliphatic heterocycles. The van der Waals surface area contributed by atoms with E-state index < -0.39 is 0 Å². The van der Waals surface area contributed by atoms with Crippen LogP contribution in [0.15, 0.2) is 36.5 Å². The van der Waals surface area contributed by atoms with Gasteiger partial charge >= 0.3 is 0 Å². The van der Waals surface area contributed by atoms with Crippen molar-refractivity contribution in [3.05, 3.63) is 42.2 Å². The monoisotopic (exact) mass is 379 g/mol. The van der Waals surface area contributed by atoms with Crippen LogP contribution < -0.4 is 4.90 Å². The van der Waals surface area contributed by atoms with E-state index in [1.165, 1.54) is 5.39 Å². The van der Waals surface area contributed by atoms with Gasteiger partial charge in [0.05, 0.1) is 32.1 Å². The zero-order valence-corrected chi connectivity index (χ0v) is 15.9. The van der Waals surface area contributed by atoms with Crippen LogP contribution in [0.4, 0.5) is 5.82 Å². The van der Waals surface area contributed by atoms with Crippen molar-refractivity contribution in [2.24, 2.45) is 0 Å². The third kappa shape index (κ3) is 3.73. The molecule has 3 aromatic rings. The minimum Gasteiger partial charge on any atom is -0.379 e. The van der Waals surface area contributed by atoms with Crippen molar-refractivity contribution in [1.29, 1.82) is 0 Å². The summed E-state index contributed by atoms with van der Waals surface area (Å²) in [5, 5.41) is 1.17. The van der Waals surface area contributed by atoms with Crippen LogP contribution in [0, 0.1) is 0 Å². The molecule has 0 unspecified atom stereocenters. The van der Waals surface area contributed by atoms with Gasteiger partial charge in [-0.2, -0.15) is 0 Å². The number of anilines is 1. The molecule has 0 radical (unpaired) electrons. The lowest BCUT2D eigenvalue weighted by Crippen LogP contribution is -2.37. The van der Waals surface area contributed by atoms with Gasteiger partial charge in [-0.3, -0.25) is 4.90 Å². The summed E-state index contributed by atoms with van der Waals surface area (Å²) in [6.07, 6.45) is 1.96. The summed E-state index contributed by atoms with van der Waals surface area (Å²) in [6, 6.07) is 10.6. The molecule has 0 bridgehead atoms. The molecule has 7 heteroatoms. The van der Waals surface area contributed by atoms with Gasteiger partial charge in [-0.25, -0.2) is 9.97 Å². The van der Waals surface area contributed by atoms with Crippen LogP contribution in [0.5, 0.6) is 0 Å². The Morgan fingerprint density at radius 1 is 0.893 bits per heavy atom. The smallest absolute Gasteiger partial charge is 0.161 e. The van der Waals surface area contributed by atoms with Crippen LogP contribution in [0.3, 0.4) is 0 Å². The van der Waals surface area contributed by atoms with Crippen LogP contribution >= 0.6 is 0 Å². The van der Waals surface area contributed by atoms with Gasteiger partial charge < -0.3 is 19.4 Å². The number of nitrogens with one attached hydrogen (secondary N) is 1. The SMILES string of the molecule is c1cc2cc(-c3nc(CN4CCOCC4)cc(N4CCOCC4)n3)ccc2[nH]1. The van der Waals surface area contributed by atoms with E-state index in [0.29, 0.717) is 0 Å². The van der Waals surface area contributed by atoms with Gasteiger partial charge in [0, 0.05) is 61.5 Å². The first kappa shape index (κ1) is 17.6. The molecule has 7 nitrogen and oxygen atoms in total. The molecule has 4 heterocycles. The van der Waals surface area contributed by atoms with Crippen molar-refractivity contribution >= 4 is 16.7 Å². The Morgan fingerprint density at radius 2 is 1.68 bits per heavy atom. The van der Waals surface area contributed by atoms with Crippen molar-refractivity contribution in [3.8, 4) is 11.4 Å². The van der Waals surface area contributed by atoms with Crippen LogP contribution in [0.25, 0.3) is 22.3 Å². The molecule has 0 amide bonds. The van der Waals surface area contributed by atoms with E-state index in [2.05, 4.69) is 45.1 Å². The zero-order chi connectivity index (χ0) is 18.8. The van der Waals surface area contributed by atoms with Crippen molar-refractivity contribution in [2.45, 2.75) is 6.54 Å². The molecule has 0 saturated carbocycles. The highest BCUT2D eigenvalue weighted by molar-refractivity contribution is 5.84. The molecular weight excluding hydrogens is 354 g/mol. The van der Waals surface area contributed by atoms with E-state index in [-0.39, 0.29) is 0 Å². The number of aromatic amines is 1. The zero-order valence-electron chi connectivity index (χ0n) is 15.9. The van der Waals surface area contributed by atoms with Gasteiger partial charge in [0.25, 0.3) is 0 Å². The van der Waals surface area contributed by atoms with E-state index >= 15 is 0 Å². The first-order chi connectivity index (χ1) is 13.8. The topological polar surface area (TPSA) is 66.5 Å². The predicted octanol–water partition coefficient (Wildman–Crippen LogP) is 2.29. The molecule has 1 N–H and O–H groups in total. The minimum atomic E-state index is 0.743. The van der Waals surface area contributed by atoms with Crippen molar-refractivity contribution < 1.29 is 9.47 Å². The quantitative estimate of drug-likeness (QED) is 0.750. The molecule has 2 saturated heterocycles. The lowest BCUT2D eigenvalue weighted by Gasteiger charge is -2.29. The molecule has 146 valence electrons. The van der Waals surface area contributed by atoms with Gasteiger partial charge in [-0.05, 0) is 24.3 Å². The summed E-state index contributed by atoms with van der Waals surface area (Å²) in [5.74, 6) is 1.78. The second-order valence-corrected chi connectivity index (χ2v) is 7.31. The second kappa shape index (κ2) is 7.87. The number of hydrogen-bond acceptors (Lipinski definition) is 6. The Labute approximate surface area is 164 Å². The lowest BCUT2D eigenvalue weighted by molar-refractivity contribution is 0.0336. The number of rotatable bonds is 4. The van der Waals surface area contributed by atoms with Crippen LogP contribution in [0.2, 0.25) is 0 Å². The van der Waals surface area contributed by atoms with Crippen LogP contribution in [0.1, 0.15) is 5.69 Å². The number of benzene rings is 1. The fraction of sp³-hybridized carbons (Fsp3) is 0.429. The van der Waals surface area contributed by atoms with Crippen molar-refractivity contribution in [3.63, 3.8) is 0 Å². The predicted molar refractivity (Wildman–Crippen MR) is 108 cm³/mol. The van der Waals surface area contributed by atoms with E-state index in [4.69, 9.17) is 19.4 Å². The molecule has 0 atom stereocenters. The maximum absolute atomic E-state index is 5.52. The molecule has 0 spiro atoms. The standard InChI is InChI=1S/C21H25N5O2/c1-2-19-16(3-4-22-19)13-17(1)21-23-18(15-25-5-9-27-10-6-25)14-20(24-21)26-7-11-28-12-8-26/h1-4,13-14,22H,5-12,15H2. The molecular formula is C21H25N5O2. The number of ether oxygens (including phenoxy) is 2. The fourth-order valence-corrected chi connectivity index (χ4v) is 3.83. The van der Waals surface area contributed by atoms with Gasteiger partial charge in [0.15, 0.2) is 5.82 Å². The molecule has 5 rings (SSSR count). The Kier molecular flexibility index (Phi) is 4.95. The Bertz CT molecular complexity index is 945. The van der Waals surface area contributed by atoms with E-state index in [1.807, 2.05) is 6.20 Å². The highest BCUT2D eigenvalue weighted by atomic mass is 16.5. The number of nitrogens with zero attached hydrogens (tertiary/aromatic N) is 4. The molecule has 0 aliphatic carbocycles. The van der Waals surface area contributed by atoms with E-state index in [0.717, 1.165) is 87.6 Å². The second-order valence-electron chi connectivity index (χ2n) is 7.31. The van der Waals surface area contributed by atoms with E-state index in [9.17, 15) is 0 Å². The lowest BCUT2D eigenvalue weighted by atomic mass is 10.1. The Hall–Kier alpha value is -2.48. The summed E-state index contributed by atoms with van der Waals surface area (Å²) in [5.41, 5.74) is 3.23. The third-order valence-corrected chi connectivity index (χ3v) is 5.40. The van der Waals surface area contributed by atoms with Gasteiger partial charge in [-0.15, -0.1) is 0 Å². The Morgan fingerprint density at radius 3 is 2.50 bits per heavy atom. The van der Waals surface area contributed by atoms with Crippen molar-refractivity contribution in [2.75, 3.05) is 57.5 Å². The summed E-state index contributed by atoms with van der Waals surface area (Å²) in [4.78, 5) is 17.8. The maximum atomic E-state index is 5.52. The molecule has 1 aromatic carbocycles. The van der Waals surface area contributed by atoms with Crippen LogP contribution in [-0.2, 0) is 16.0 Å². The largest absolute Gasteiger partial charge is 0.379 e. The third-order valence-electron chi connectivity index (χ3n) is 5.40. The molecule has 2 aromatic heterocycles. The molecule has 2 fully saturated rings. The maximum Gasteiger partial charge on any atom is 0.161 e. The number of hydrogen-bond donors (Lipinski definition) is 1. The normalized spacial score (nSPS) is 18.6. The van der Waals surface area contributed by atoms with E-state index in [1.54, 1.807) is 0 Å². The Balaban J connectivity index is 1.51. The highest BCUT2D eigenvalue weighted by Gasteiger charge is 2.18. The van der Waals surface area contributed by atoms with Gasteiger partial charge in [0.1, 0.15) is 5.82 Å². The molecule has 2 aliphatic rings. The first-order valence-electron chi connectivity index (χ1n) is 9.93. The highest BCUT2D eigenvalue weighted by Crippen LogP contribution is 2.25. The number of H-pyrrole nitrogens is 1. The summed E-state index contributed by atoms with van der Waals surface area (Å²) >= 11 is 0. The van der Waals surface area contributed by atoms with Gasteiger partial charge in [-0.1, -0.05) is 0 Å². The number of aromatic nitrogens is 3. The fourth-order valence-electron chi connectivity index (χ4n) is 3.83. The first-order valence-corrected chi connectivity index (χ1v) is 9.93. The number of fused-ring (bicyclic) bond motifs is 1. The minimum absolute atomic E-state index is 0.743. The molecule has 28 heavy (non-hydrogen) atoms. The van der Waals surface area contributed by atoms with Crippen molar-refractivity contribution in [1.82, 2.24) is 19.9 Å². The number of morpholine rings is 2. The van der Waals surface area contributed by atoms with Crippen LogP contribution in [-0.4, -0.2) is 72.5 Å². The summed E-state index contributed by atoms with van der Waals surface area (Å²) < 4.78 is 11.0. The summed E-state index contributed by atoms with van der Waals surface area (Å²) in [6.45, 7) is 7.51. The summed E-state index contributed by atoms with van der Waals surface area (Å²) in [7, 11) is 0. The van der Waals surface area contributed by atoms with Gasteiger partial charge in [0.2, 0.25) is 0 Å². The average Bonchev–Trinajstić information content (AvgIpc) is 3.23. The average molecular weight is 379 g/mol.